The van der Waals surface area contributed by atoms with E-state index < -0.39 is 0 Å². The van der Waals surface area contributed by atoms with Crippen LogP contribution in [0.15, 0.2) is 44.6 Å². The molecule has 132 valence electrons. The van der Waals surface area contributed by atoms with Crippen molar-refractivity contribution in [1.29, 1.82) is 0 Å². The van der Waals surface area contributed by atoms with Gasteiger partial charge in [-0.1, -0.05) is 31.9 Å². The van der Waals surface area contributed by atoms with Gasteiger partial charge in [-0.05, 0) is 49.5 Å². The molecule has 0 aliphatic heterocycles. The first-order chi connectivity index (χ1) is 12.0. The summed E-state index contributed by atoms with van der Waals surface area (Å²) in [6.45, 7) is 0.290. The van der Waals surface area contributed by atoms with E-state index >= 15 is 0 Å². The lowest BCUT2D eigenvalue weighted by atomic mass is 9.79. The van der Waals surface area contributed by atoms with Gasteiger partial charge in [0, 0.05) is 26.5 Å². The molecule has 3 rings (SSSR count). The summed E-state index contributed by atoms with van der Waals surface area (Å²) in [6.07, 6.45) is 5.31. The van der Waals surface area contributed by atoms with Gasteiger partial charge < -0.3 is 9.47 Å². The van der Waals surface area contributed by atoms with Crippen LogP contribution in [-0.4, -0.2) is 18.9 Å². The summed E-state index contributed by atoms with van der Waals surface area (Å²) < 4.78 is 12.5. The van der Waals surface area contributed by atoms with Gasteiger partial charge in [-0.15, -0.1) is 0 Å². The quantitative estimate of drug-likeness (QED) is 0.578. The average Bonchev–Trinajstić information content (AvgIpc) is 2.61. The number of esters is 1. The molecule has 0 amide bonds. The van der Waals surface area contributed by atoms with E-state index in [2.05, 4.69) is 31.9 Å². The molecule has 2 aliphatic carbocycles. The van der Waals surface area contributed by atoms with Gasteiger partial charge in [0.2, 0.25) is 0 Å². The highest BCUT2D eigenvalue weighted by Crippen LogP contribution is 2.39. The molecule has 4 nitrogen and oxygen atoms in total. The van der Waals surface area contributed by atoms with Crippen LogP contribution in [0, 0.1) is 5.92 Å². The summed E-state index contributed by atoms with van der Waals surface area (Å²) in [7, 11) is 1.36. The highest BCUT2D eigenvalue weighted by atomic mass is 79.9. The predicted octanol–water partition coefficient (Wildman–Crippen LogP) is 5.06. The molecule has 2 aliphatic rings. The van der Waals surface area contributed by atoms with Crippen LogP contribution in [0.25, 0.3) is 0 Å². The van der Waals surface area contributed by atoms with Gasteiger partial charge in [0.25, 0.3) is 0 Å². The lowest BCUT2D eigenvalue weighted by Crippen LogP contribution is -2.22. The van der Waals surface area contributed by atoms with Crippen LogP contribution in [0.3, 0.4) is 0 Å². The molecule has 1 fully saturated rings. The number of carbonyl (C=O) groups excluding carboxylic acids is 2. The number of ether oxygens (including phenoxy) is 2. The van der Waals surface area contributed by atoms with Gasteiger partial charge in [-0.2, -0.15) is 0 Å². The maximum Gasteiger partial charge on any atom is 0.337 e. The number of ketones is 1. The van der Waals surface area contributed by atoms with E-state index in [1.807, 2.05) is 6.08 Å². The lowest BCUT2D eigenvalue weighted by Gasteiger charge is -2.28. The molecule has 0 spiro atoms. The Morgan fingerprint density at radius 3 is 2.88 bits per heavy atom. The highest BCUT2D eigenvalue weighted by molar-refractivity contribution is 9.11. The summed E-state index contributed by atoms with van der Waals surface area (Å²) in [5.74, 6) is 0.838. The molecule has 0 N–H and O–H groups in total. The first kappa shape index (κ1) is 18.4. The van der Waals surface area contributed by atoms with Crippen LogP contribution in [0.1, 0.15) is 41.6 Å². The van der Waals surface area contributed by atoms with Gasteiger partial charge in [0.15, 0.2) is 5.78 Å². The van der Waals surface area contributed by atoms with E-state index in [1.54, 1.807) is 18.2 Å². The first-order valence-electron chi connectivity index (χ1n) is 8.12. The third-order valence-electron chi connectivity index (χ3n) is 4.55. The Hall–Kier alpha value is -1.40. The number of methoxy groups -OCH3 is 1. The molecular formula is C19H18Br2O4. The molecule has 0 saturated heterocycles. The summed E-state index contributed by atoms with van der Waals surface area (Å²) in [4.78, 5) is 23.8. The standard InChI is InChI=1S/C19H18Br2O4/c1-24-19(23)12-5-6-15(20)13(7-12)10-25-18-9-14-11(8-16(18)21)3-2-4-17(14)22/h5-7,9,11H,2-4,8,10H2,1H3. The van der Waals surface area contributed by atoms with Gasteiger partial charge in [-0.25, -0.2) is 4.79 Å². The van der Waals surface area contributed by atoms with Crippen LogP contribution in [-0.2, 0) is 20.9 Å². The third-order valence-corrected chi connectivity index (χ3v) is 6.04. The van der Waals surface area contributed by atoms with E-state index in [1.165, 1.54) is 7.11 Å². The van der Waals surface area contributed by atoms with E-state index in [-0.39, 0.29) is 11.8 Å². The Kier molecular flexibility index (Phi) is 5.79. The summed E-state index contributed by atoms with van der Waals surface area (Å²) in [5.41, 5.74) is 2.19. The number of hydrogen-bond acceptors (Lipinski definition) is 4. The monoisotopic (exact) mass is 468 g/mol. The van der Waals surface area contributed by atoms with Gasteiger partial charge >= 0.3 is 5.97 Å². The van der Waals surface area contributed by atoms with E-state index in [0.717, 1.165) is 39.4 Å². The lowest BCUT2D eigenvalue weighted by molar-refractivity contribution is -0.117. The fourth-order valence-corrected chi connectivity index (χ4v) is 4.17. The third kappa shape index (κ3) is 4.06. The SMILES string of the molecule is COC(=O)c1ccc(Br)c(COC2=C(Br)CC3CCCC(=O)C3=C2)c1. The van der Waals surface area contributed by atoms with Crippen molar-refractivity contribution in [2.24, 2.45) is 5.92 Å². The molecule has 6 heteroatoms. The number of fused-ring (bicyclic) bond motifs is 1. The molecule has 1 unspecified atom stereocenters. The molecule has 1 aromatic rings. The van der Waals surface area contributed by atoms with Crippen molar-refractivity contribution >= 4 is 43.6 Å². The molecule has 1 aromatic carbocycles. The summed E-state index contributed by atoms with van der Waals surface area (Å²) >= 11 is 7.07. The first-order valence-corrected chi connectivity index (χ1v) is 9.71. The Morgan fingerprint density at radius 2 is 2.12 bits per heavy atom. The van der Waals surface area contributed by atoms with Gasteiger partial charge in [-0.3, -0.25) is 4.79 Å². The van der Waals surface area contributed by atoms with Crippen molar-refractivity contribution in [1.82, 2.24) is 0 Å². The van der Waals surface area contributed by atoms with Crippen LogP contribution in [0.5, 0.6) is 0 Å². The number of allylic oxidation sites excluding steroid dienone is 3. The largest absolute Gasteiger partial charge is 0.488 e. The van der Waals surface area contributed by atoms with Crippen LogP contribution in [0.2, 0.25) is 0 Å². The zero-order valence-corrected chi connectivity index (χ0v) is 17.0. The predicted molar refractivity (Wildman–Crippen MR) is 101 cm³/mol. The summed E-state index contributed by atoms with van der Waals surface area (Å²) in [6, 6.07) is 5.24. The second-order valence-electron chi connectivity index (χ2n) is 6.17. The number of carbonyl (C=O) groups is 2. The highest BCUT2D eigenvalue weighted by Gasteiger charge is 2.30. The molecule has 1 atom stereocenters. The Balaban J connectivity index is 1.77. The second-order valence-corrected chi connectivity index (χ2v) is 7.98. The van der Waals surface area contributed by atoms with E-state index in [4.69, 9.17) is 9.47 Å². The Bertz CT molecular complexity index is 780. The maximum atomic E-state index is 12.1. The molecule has 0 heterocycles. The van der Waals surface area contributed by atoms with E-state index in [0.29, 0.717) is 30.3 Å². The normalized spacial score (nSPS) is 20.0. The molecule has 25 heavy (non-hydrogen) atoms. The van der Waals surface area contributed by atoms with Crippen molar-refractivity contribution in [2.75, 3.05) is 7.11 Å². The summed E-state index contributed by atoms with van der Waals surface area (Å²) in [5, 5.41) is 0. The van der Waals surface area contributed by atoms with Crippen LogP contribution >= 0.6 is 31.9 Å². The minimum atomic E-state index is -0.385. The minimum Gasteiger partial charge on any atom is -0.488 e. The number of Topliss-reactive ketones (excluding diaryl/α,β-unsaturated/α-hetero) is 1. The van der Waals surface area contributed by atoms with Crippen molar-refractivity contribution in [3.63, 3.8) is 0 Å². The second kappa shape index (κ2) is 7.87. The zero-order valence-electron chi connectivity index (χ0n) is 13.8. The molecule has 0 radical (unpaired) electrons. The number of rotatable bonds is 4. The van der Waals surface area contributed by atoms with Crippen molar-refractivity contribution in [3.05, 3.63) is 55.7 Å². The number of hydrogen-bond donors (Lipinski definition) is 0. The van der Waals surface area contributed by atoms with Gasteiger partial charge in [0.05, 0.1) is 12.7 Å². The molecule has 0 bridgehead atoms. The zero-order chi connectivity index (χ0) is 18.0. The Morgan fingerprint density at radius 1 is 1.32 bits per heavy atom. The minimum absolute atomic E-state index is 0.228. The maximum absolute atomic E-state index is 12.1. The molecular weight excluding hydrogens is 452 g/mol. The fourth-order valence-electron chi connectivity index (χ4n) is 3.19. The molecule has 0 aromatic heterocycles. The van der Waals surface area contributed by atoms with Crippen LogP contribution < -0.4 is 0 Å². The van der Waals surface area contributed by atoms with Crippen molar-refractivity contribution < 1.29 is 19.1 Å². The van der Waals surface area contributed by atoms with Crippen molar-refractivity contribution in [3.8, 4) is 0 Å². The van der Waals surface area contributed by atoms with E-state index in [9.17, 15) is 9.59 Å². The topological polar surface area (TPSA) is 52.6 Å². The van der Waals surface area contributed by atoms with Crippen molar-refractivity contribution in [2.45, 2.75) is 32.3 Å². The fraction of sp³-hybridized carbons (Fsp3) is 0.368. The number of benzene rings is 1. The average molecular weight is 470 g/mol. The Labute approximate surface area is 163 Å². The van der Waals surface area contributed by atoms with Gasteiger partial charge in [0.1, 0.15) is 12.4 Å². The number of halogens is 2. The molecule has 1 saturated carbocycles. The van der Waals surface area contributed by atoms with Crippen LogP contribution in [0.4, 0.5) is 0 Å². The smallest absolute Gasteiger partial charge is 0.337 e.